The summed E-state index contributed by atoms with van der Waals surface area (Å²) in [5.74, 6) is -1.33. The number of carboxylic acids is 1. The lowest BCUT2D eigenvalue weighted by molar-refractivity contribution is -0.136. The van der Waals surface area contributed by atoms with Crippen LogP contribution in [0.5, 0.6) is 0 Å². The van der Waals surface area contributed by atoms with Crippen molar-refractivity contribution in [3.63, 3.8) is 0 Å². The van der Waals surface area contributed by atoms with Crippen molar-refractivity contribution in [3.8, 4) is 0 Å². The highest BCUT2D eigenvalue weighted by molar-refractivity contribution is 5.86. The predicted octanol–water partition coefficient (Wildman–Crippen LogP) is 1.77. The zero-order chi connectivity index (χ0) is 14.3. The van der Waals surface area contributed by atoms with Crippen molar-refractivity contribution in [2.24, 2.45) is 0 Å². The van der Waals surface area contributed by atoms with Crippen LogP contribution in [0, 0.1) is 0 Å². The SMILES string of the molecule is C=C(C)C(=O)OC.C=CC(=O)O.CCCCO. The highest BCUT2D eigenvalue weighted by atomic mass is 16.5. The number of esters is 1. The molecule has 0 bridgehead atoms. The number of carbonyl (C=O) groups excluding carboxylic acids is 1. The first-order valence-electron chi connectivity index (χ1n) is 5.07. The molecule has 0 heterocycles. The number of aliphatic hydroxyl groups is 1. The van der Waals surface area contributed by atoms with Crippen molar-refractivity contribution in [3.05, 3.63) is 24.8 Å². The van der Waals surface area contributed by atoms with Gasteiger partial charge in [0.15, 0.2) is 0 Å². The van der Waals surface area contributed by atoms with Crippen molar-refractivity contribution < 1.29 is 24.5 Å². The van der Waals surface area contributed by atoms with E-state index in [1.807, 2.05) is 0 Å². The monoisotopic (exact) mass is 246 g/mol. The Labute approximate surface area is 102 Å². The summed E-state index contributed by atoms with van der Waals surface area (Å²) in [5, 5.41) is 15.7. The summed E-state index contributed by atoms with van der Waals surface area (Å²) >= 11 is 0. The van der Waals surface area contributed by atoms with E-state index in [0.717, 1.165) is 18.9 Å². The standard InChI is InChI=1S/C5H8O2.C4H10O.C3H4O2/c1-4(2)5(6)7-3;1-2-3-4-5;1-2-3(4)5/h1H2,2-3H3;5H,2-4H2,1H3;2H,1H2,(H,4,5). The number of hydrogen-bond donors (Lipinski definition) is 2. The largest absolute Gasteiger partial charge is 0.478 e. The van der Waals surface area contributed by atoms with Crippen LogP contribution in [0.25, 0.3) is 0 Å². The van der Waals surface area contributed by atoms with Crippen molar-refractivity contribution in [1.82, 2.24) is 0 Å². The summed E-state index contributed by atoms with van der Waals surface area (Å²) in [7, 11) is 1.33. The lowest BCUT2D eigenvalue weighted by Gasteiger charge is -1.91. The fourth-order valence-corrected chi connectivity index (χ4v) is 0.332. The minimum absolute atomic E-state index is 0.344. The Morgan fingerprint density at radius 1 is 1.41 bits per heavy atom. The number of hydrogen-bond acceptors (Lipinski definition) is 4. The molecule has 0 aromatic rings. The third kappa shape index (κ3) is 31.4. The van der Waals surface area contributed by atoms with Crippen molar-refractivity contribution in [2.45, 2.75) is 26.7 Å². The zero-order valence-corrected chi connectivity index (χ0v) is 10.7. The van der Waals surface area contributed by atoms with E-state index in [2.05, 4.69) is 24.8 Å². The second kappa shape index (κ2) is 16.8. The summed E-state index contributed by atoms with van der Waals surface area (Å²) in [6.45, 7) is 10.3. The van der Waals surface area contributed by atoms with Crippen molar-refractivity contribution >= 4 is 11.9 Å². The van der Waals surface area contributed by atoms with Gasteiger partial charge in [-0.25, -0.2) is 9.59 Å². The van der Waals surface area contributed by atoms with Gasteiger partial charge < -0.3 is 14.9 Å². The normalized spacial score (nSPS) is 7.53. The molecule has 0 rings (SSSR count). The molecule has 100 valence electrons. The molecule has 0 fully saturated rings. The van der Waals surface area contributed by atoms with Crippen LogP contribution in [0.3, 0.4) is 0 Å². The van der Waals surface area contributed by atoms with Crippen LogP contribution in [0.2, 0.25) is 0 Å². The van der Waals surface area contributed by atoms with E-state index in [1.54, 1.807) is 6.92 Å². The van der Waals surface area contributed by atoms with Crippen molar-refractivity contribution in [1.29, 1.82) is 0 Å². The van der Waals surface area contributed by atoms with E-state index in [-0.39, 0.29) is 5.97 Å². The number of aliphatic carboxylic acids is 1. The van der Waals surface area contributed by atoms with Gasteiger partial charge in [0, 0.05) is 18.3 Å². The highest BCUT2D eigenvalue weighted by Gasteiger charge is 1.95. The van der Waals surface area contributed by atoms with E-state index in [9.17, 15) is 9.59 Å². The second-order valence-electron chi connectivity index (χ2n) is 2.89. The van der Waals surface area contributed by atoms with Crippen LogP contribution >= 0.6 is 0 Å². The minimum Gasteiger partial charge on any atom is -0.478 e. The van der Waals surface area contributed by atoms with Crippen LogP contribution in [0.1, 0.15) is 26.7 Å². The molecule has 0 aliphatic rings. The van der Waals surface area contributed by atoms with Crippen LogP contribution in [-0.2, 0) is 14.3 Å². The van der Waals surface area contributed by atoms with Gasteiger partial charge in [0.25, 0.3) is 0 Å². The molecular formula is C12H22O5. The summed E-state index contributed by atoms with van der Waals surface area (Å²) < 4.78 is 4.27. The van der Waals surface area contributed by atoms with Gasteiger partial charge in [0.05, 0.1) is 7.11 Å². The molecule has 0 aliphatic carbocycles. The molecule has 0 aromatic heterocycles. The maximum Gasteiger partial charge on any atom is 0.332 e. The average molecular weight is 246 g/mol. The van der Waals surface area contributed by atoms with E-state index in [4.69, 9.17) is 10.2 Å². The van der Waals surface area contributed by atoms with Crippen molar-refractivity contribution in [2.75, 3.05) is 13.7 Å². The molecular weight excluding hydrogens is 224 g/mol. The molecule has 17 heavy (non-hydrogen) atoms. The number of unbranched alkanes of at least 4 members (excludes halogenated alkanes) is 1. The van der Waals surface area contributed by atoms with Crippen LogP contribution < -0.4 is 0 Å². The van der Waals surface area contributed by atoms with Crippen LogP contribution in [0.15, 0.2) is 24.8 Å². The number of ether oxygens (including phenoxy) is 1. The number of carboxylic acid groups (broad SMARTS) is 1. The summed E-state index contributed by atoms with van der Waals surface area (Å²) in [6.07, 6.45) is 2.87. The predicted molar refractivity (Wildman–Crippen MR) is 66.7 cm³/mol. The zero-order valence-electron chi connectivity index (χ0n) is 10.7. The van der Waals surface area contributed by atoms with Crippen LogP contribution in [-0.4, -0.2) is 35.9 Å². The van der Waals surface area contributed by atoms with Crippen LogP contribution in [0.4, 0.5) is 0 Å². The third-order valence-corrected chi connectivity index (χ3v) is 1.22. The van der Waals surface area contributed by atoms with Gasteiger partial charge in [0.1, 0.15) is 0 Å². The molecule has 0 atom stereocenters. The Hall–Kier alpha value is -1.62. The molecule has 2 N–H and O–H groups in total. The van der Waals surface area contributed by atoms with Gasteiger partial charge in [-0.2, -0.15) is 0 Å². The molecule has 5 heteroatoms. The summed E-state index contributed by atoms with van der Waals surface area (Å²) in [4.78, 5) is 19.4. The molecule has 5 nitrogen and oxygen atoms in total. The Bertz CT molecular complexity index is 231. The minimum atomic E-state index is -0.981. The Morgan fingerprint density at radius 3 is 1.82 bits per heavy atom. The van der Waals surface area contributed by atoms with E-state index >= 15 is 0 Å². The topological polar surface area (TPSA) is 83.8 Å². The van der Waals surface area contributed by atoms with Gasteiger partial charge >= 0.3 is 11.9 Å². The molecule has 0 saturated heterocycles. The van der Waals surface area contributed by atoms with Gasteiger partial charge in [-0.3, -0.25) is 0 Å². The Kier molecular flexibility index (Phi) is 20.5. The van der Waals surface area contributed by atoms with Gasteiger partial charge in [-0.1, -0.05) is 26.5 Å². The summed E-state index contributed by atoms with van der Waals surface area (Å²) in [6, 6.07) is 0. The average Bonchev–Trinajstić information content (AvgIpc) is 2.30. The first-order valence-corrected chi connectivity index (χ1v) is 5.07. The first-order chi connectivity index (χ1) is 7.87. The van der Waals surface area contributed by atoms with Gasteiger partial charge in [-0.15, -0.1) is 0 Å². The maximum atomic E-state index is 10.2. The fraction of sp³-hybridized carbons (Fsp3) is 0.500. The Morgan fingerprint density at radius 2 is 1.82 bits per heavy atom. The third-order valence-electron chi connectivity index (χ3n) is 1.22. The lowest BCUT2D eigenvalue weighted by Crippen LogP contribution is -1.98. The quantitative estimate of drug-likeness (QED) is 0.583. The smallest absolute Gasteiger partial charge is 0.332 e. The molecule has 0 spiro atoms. The number of rotatable bonds is 4. The molecule has 0 aromatic carbocycles. The molecule has 0 saturated carbocycles. The van der Waals surface area contributed by atoms with E-state index in [0.29, 0.717) is 12.2 Å². The van der Waals surface area contributed by atoms with E-state index in [1.165, 1.54) is 7.11 Å². The molecule has 0 unspecified atom stereocenters. The lowest BCUT2D eigenvalue weighted by atomic mass is 10.4. The Balaban J connectivity index is -0.000000177. The molecule has 0 amide bonds. The van der Waals surface area contributed by atoms with E-state index < -0.39 is 5.97 Å². The number of carbonyl (C=O) groups is 2. The summed E-state index contributed by atoms with van der Waals surface area (Å²) in [5.41, 5.74) is 0.433. The maximum absolute atomic E-state index is 10.2. The number of methoxy groups -OCH3 is 1. The van der Waals surface area contributed by atoms with Gasteiger partial charge in [0.2, 0.25) is 0 Å². The molecule has 0 aliphatic heterocycles. The van der Waals surface area contributed by atoms with Gasteiger partial charge in [-0.05, 0) is 13.3 Å². The number of aliphatic hydroxyl groups excluding tert-OH is 1. The molecule has 0 radical (unpaired) electrons. The highest BCUT2D eigenvalue weighted by Crippen LogP contribution is 1.87. The first kappa shape index (κ1) is 20.8. The second-order valence-corrected chi connectivity index (χ2v) is 2.89. The fourth-order valence-electron chi connectivity index (χ4n) is 0.332.